The number of nitrogens with zero attached hydrogens (tertiary/aromatic N) is 5. The first-order valence-electron chi connectivity index (χ1n) is 7.79. The molecule has 0 bridgehead atoms. The summed E-state index contributed by atoms with van der Waals surface area (Å²) < 4.78 is 8.72. The van der Waals surface area contributed by atoms with Gasteiger partial charge in [-0.2, -0.15) is 5.10 Å². The summed E-state index contributed by atoms with van der Waals surface area (Å²) in [5.41, 5.74) is 2.85. The van der Waals surface area contributed by atoms with Gasteiger partial charge in [0.25, 0.3) is 5.56 Å². The van der Waals surface area contributed by atoms with E-state index in [1.807, 2.05) is 29.1 Å². The van der Waals surface area contributed by atoms with Crippen LogP contribution in [-0.4, -0.2) is 43.0 Å². The Bertz CT molecular complexity index is 1060. The first-order chi connectivity index (χ1) is 12.3. The van der Waals surface area contributed by atoms with Crippen molar-refractivity contribution in [3.8, 4) is 16.8 Å². The van der Waals surface area contributed by atoms with E-state index in [-0.39, 0.29) is 5.56 Å². The summed E-state index contributed by atoms with van der Waals surface area (Å²) in [5, 5.41) is 4.86. The van der Waals surface area contributed by atoms with Gasteiger partial charge < -0.3 is 9.72 Å². The summed E-state index contributed by atoms with van der Waals surface area (Å²) in [6.45, 7) is 1.22. The Balaban J connectivity index is 1.90. The number of H-pyrrole nitrogens is 1. The molecule has 0 aliphatic rings. The molecule has 0 aliphatic carbocycles. The van der Waals surface area contributed by atoms with Crippen LogP contribution in [0.5, 0.6) is 0 Å². The lowest BCUT2D eigenvalue weighted by molar-refractivity contribution is 0.183. The van der Waals surface area contributed by atoms with Crippen LogP contribution < -0.4 is 5.56 Å². The Kier molecular flexibility index (Phi) is 3.87. The molecule has 0 amide bonds. The molecule has 0 fully saturated rings. The van der Waals surface area contributed by atoms with Crippen molar-refractivity contribution in [1.82, 2.24) is 29.3 Å². The lowest BCUT2D eigenvalue weighted by Gasteiger charge is -2.02. The molecular formula is C17H16N6O2. The van der Waals surface area contributed by atoms with Crippen molar-refractivity contribution >= 4 is 11.0 Å². The van der Waals surface area contributed by atoms with E-state index in [0.717, 1.165) is 16.8 Å². The third-order valence-corrected chi connectivity index (χ3v) is 3.98. The SMILES string of the molecule is COCCn1cc(-c2cn(-c3cccnc3)c3nc[nH]c(=O)c23)cn1. The second-order valence-corrected chi connectivity index (χ2v) is 5.54. The maximum atomic E-state index is 12.4. The fraction of sp³-hybridized carbons (Fsp3) is 0.176. The van der Waals surface area contributed by atoms with Crippen LogP contribution in [0.25, 0.3) is 27.8 Å². The van der Waals surface area contributed by atoms with Gasteiger partial charge in [0.15, 0.2) is 5.65 Å². The minimum Gasteiger partial charge on any atom is -0.383 e. The molecule has 0 saturated carbocycles. The standard InChI is InChI=1S/C17H16N6O2/c1-25-6-5-22-9-12(7-21-22)14-10-23(13-3-2-4-18-8-13)16-15(14)17(24)20-11-19-16/h2-4,7-11H,5-6H2,1H3,(H,19,20,24). The Morgan fingerprint density at radius 3 is 3.00 bits per heavy atom. The van der Waals surface area contributed by atoms with Crippen LogP contribution in [0.2, 0.25) is 0 Å². The molecular weight excluding hydrogens is 320 g/mol. The number of nitrogens with one attached hydrogen (secondary N) is 1. The van der Waals surface area contributed by atoms with Crippen LogP contribution >= 0.6 is 0 Å². The average molecular weight is 336 g/mol. The highest BCUT2D eigenvalue weighted by Crippen LogP contribution is 2.28. The van der Waals surface area contributed by atoms with Gasteiger partial charge in [-0.3, -0.25) is 19.0 Å². The molecule has 8 nitrogen and oxygen atoms in total. The second kappa shape index (κ2) is 6.33. The molecule has 0 atom stereocenters. The molecule has 126 valence electrons. The zero-order valence-electron chi connectivity index (χ0n) is 13.6. The molecule has 4 aromatic rings. The van der Waals surface area contributed by atoms with Crippen molar-refractivity contribution in [2.75, 3.05) is 13.7 Å². The van der Waals surface area contributed by atoms with E-state index < -0.39 is 0 Å². The van der Waals surface area contributed by atoms with Crippen molar-refractivity contribution in [1.29, 1.82) is 0 Å². The third-order valence-electron chi connectivity index (χ3n) is 3.98. The molecule has 4 rings (SSSR count). The van der Waals surface area contributed by atoms with Crippen LogP contribution in [0.1, 0.15) is 0 Å². The van der Waals surface area contributed by atoms with Gasteiger partial charge in [-0.25, -0.2) is 4.98 Å². The zero-order valence-corrected chi connectivity index (χ0v) is 13.6. The number of aromatic nitrogens is 6. The number of hydrogen-bond donors (Lipinski definition) is 1. The monoisotopic (exact) mass is 336 g/mol. The first-order valence-corrected chi connectivity index (χ1v) is 7.79. The summed E-state index contributed by atoms with van der Waals surface area (Å²) in [6.07, 6.45) is 10.4. The summed E-state index contributed by atoms with van der Waals surface area (Å²) in [7, 11) is 1.65. The highest BCUT2D eigenvalue weighted by Gasteiger charge is 2.17. The lowest BCUT2D eigenvalue weighted by Crippen LogP contribution is -2.07. The van der Waals surface area contributed by atoms with Crippen LogP contribution in [0, 0.1) is 0 Å². The van der Waals surface area contributed by atoms with E-state index in [1.165, 1.54) is 6.33 Å². The summed E-state index contributed by atoms with van der Waals surface area (Å²) in [5.74, 6) is 0. The summed E-state index contributed by atoms with van der Waals surface area (Å²) in [4.78, 5) is 23.6. The largest absolute Gasteiger partial charge is 0.383 e. The van der Waals surface area contributed by atoms with Gasteiger partial charge in [0.2, 0.25) is 0 Å². The Morgan fingerprint density at radius 2 is 2.20 bits per heavy atom. The number of fused-ring (bicyclic) bond motifs is 1. The molecule has 4 aromatic heterocycles. The van der Waals surface area contributed by atoms with Gasteiger partial charge in [0, 0.05) is 36.8 Å². The lowest BCUT2D eigenvalue weighted by atomic mass is 10.1. The quantitative estimate of drug-likeness (QED) is 0.598. The predicted molar refractivity (Wildman–Crippen MR) is 92.6 cm³/mol. The van der Waals surface area contributed by atoms with E-state index in [9.17, 15) is 4.79 Å². The topological polar surface area (TPSA) is 90.6 Å². The van der Waals surface area contributed by atoms with Gasteiger partial charge in [0.05, 0.1) is 42.9 Å². The van der Waals surface area contributed by atoms with Crippen LogP contribution in [0.15, 0.2) is 54.2 Å². The normalized spacial score (nSPS) is 11.2. The van der Waals surface area contributed by atoms with Gasteiger partial charge in [-0.1, -0.05) is 0 Å². The number of rotatable bonds is 5. The Labute approximate surface area is 142 Å². The molecule has 0 aromatic carbocycles. The van der Waals surface area contributed by atoms with Crippen molar-refractivity contribution in [3.63, 3.8) is 0 Å². The second-order valence-electron chi connectivity index (χ2n) is 5.54. The van der Waals surface area contributed by atoms with Gasteiger partial charge in [0.1, 0.15) is 0 Å². The van der Waals surface area contributed by atoms with Crippen molar-refractivity contribution in [3.05, 3.63) is 59.8 Å². The summed E-state index contributed by atoms with van der Waals surface area (Å²) >= 11 is 0. The van der Waals surface area contributed by atoms with E-state index in [0.29, 0.717) is 24.2 Å². The van der Waals surface area contributed by atoms with E-state index in [4.69, 9.17) is 4.74 Å². The molecule has 1 N–H and O–H groups in total. The Hall–Kier alpha value is -3.26. The number of hydrogen-bond acceptors (Lipinski definition) is 5. The Morgan fingerprint density at radius 1 is 1.28 bits per heavy atom. The molecule has 25 heavy (non-hydrogen) atoms. The van der Waals surface area contributed by atoms with Crippen molar-refractivity contribution in [2.45, 2.75) is 6.54 Å². The van der Waals surface area contributed by atoms with Gasteiger partial charge in [-0.15, -0.1) is 0 Å². The maximum absolute atomic E-state index is 12.4. The molecule has 0 radical (unpaired) electrons. The van der Waals surface area contributed by atoms with Crippen LogP contribution in [-0.2, 0) is 11.3 Å². The van der Waals surface area contributed by atoms with Gasteiger partial charge >= 0.3 is 0 Å². The van der Waals surface area contributed by atoms with Crippen LogP contribution in [0.4, 0.5) is 0 Å². The average Bonchev–Trinajstić information content (AvgIpc) is 3.26. The fourth-order valence-corrected chi connectivity index (χ4v) is 2.79. The van der Waals surface area contributed by atoms with Crippen molar-refractivity contribution < 1.29 is 4.74 Å². The predicted octanol–water partition coefficient (Wildman–Crippen LogP) is 1.62. The molecule has 0 unspecified atom stereocenters. The van der Waals surface area contributed by atoms with E-state index in [1.54, 1.807) is 30.4 Å². The van der Waals surface area contributed by atoms with E-state index in [2.05, 4.69) is 20.1 Å². The fourth-order valence-electron chi connectivity index (χ4n) is 2.79. The molecule has 4 heterocycles. The number of aromatic amines is 1. The molecule has 0 spiro atoms. The zero-order chi connectivity index (χ0) is 17.2. The highest BCUT2D eigenvalue weighted by molar-refractivity contribution is 5.94. The first kappa shape index (κ1) is 15.3. The molecule has 0 aliphatic heterocycles. The van der Waals surface area contributed by atoms with Crippen molar-refractivity contribution in [2.24, 2.45) is 0 Å². The number of methoxy groups -OCH3 is 1. The summed E-state index contributed by atoms with van der Waals surface area (Å²) in [6, 6.07) is 3.76. The third kappa shape index (κ3) is 2.72. The number of pyridine rings is 1. The molecule has 8 heteroatoms. The minimum absolute atomic E-state index is 0.188. The van der Waals surface area contributed by atoms with Gasteiger partial charge in [-0.05, 0) is 12.1 Å². The van der Waals surface area contributed by atoms with E-state index >= 15 is 0 Å². The van der Waals surface area contributed by atoms with Crippen LogP contribution in [0.3, 0.4) is 0 Å². The number of ether oxygens (including phenoxy) is 1. The molecule has 0 saturated heterocycles. The maximum Gasteiger partial charge on any atom is 0.260 e. The smallest absolute Gasteiger partial charge is 0.260 e. The minimum atomic E-state index is -0.188. The highest BCUT2D eigenvalue weighted by atomic mass is 16.5.